The Labute approximate surface area is 157 Å². The van der Waals surface area contributed by atoms with E-state index in [-0.39, 0.29) is 0 Å². The third-order valence-corrected chi connectivity index (χ3v) is 6.11. The van der Waals surface area contributed by atoms with Crippen molar-refractivity contribution >= 4 is 34.9 Å². The van der Waals surface area contributed by atoms with Crippen LogP contribution in [0.5, 0.6) is 0 Å². The quantitative estimate of drug-likeness (QED) is 0.437. The molecule has 0 saturated carbocycles. The normalized spacial score (nSPS) is 11.1. The van der Waals surface area contributed by atoms with Crippen LogP contribution in [0.2, 0.25) is 5.02 Å². The van der Waals surface area contributed by atoms with Crippen molar-refractivity contribution in [2.24, 2.45) is 0 Å². The first-order chi connectivity index (χ1) is 11.7. The number of hydrogen-bond donors (Lipinski definition) is 0. The van der Waals surface area contributed by atoms with Crippen molar-refractivity contribution in [2.75, 3.05) is 6.54 Å². The van der Waals surface area contributed by atoms with Crippen molar-refractivity contribution in [1.82, 2.24) is 4.31 Å². The summed E-state index contributed by atoms with van der Waals surface area (Å²) in [4.78, 5) is 2.68. The Bertz CT molecular complexity index is 754. The molecular formula is C20H20ClNS2. The van der Waals surface area contributed by atoms with Crippen LogP contribution in [0, 0.1) is 6.92 Å². The van der Waals surface area contributed by atoms with Gasteiger partial charge in [0.25, 0.3) is 0 Å². The number of halogens is 1. The third kappa shape index (κ3) is 5.12. The molecule has 1 heterocycles. The summed E-state index contributed by atoms with van der Waals surface area (Å²) in [5, 5.41) is 2.98. The Morgan fingerprint density at radius 2 is 1.79 bits per heavy atom. The lowest BCUT2D eigenvalue weighted by molar-refractivity contribution is 0.472. The van der Waals surface area contributed by atoms with Crippen LogP contribution in [0.3, 0.4) is 0 Å². The minimum atomic E-state index is 0.836. The zero-order valence-electron chi connectivity index (χ0n) is 13.6. The average Bonchev–Trinajstić information content (AvgIpc) is 3.10. The van der Waals surface area contributed by atoms with Crippen LogP contribution in [0.25, 0.3) is 0 Å². The van der Waals surface area contributed by atoms with Gasteiger partial charge in [-0.25, -0.2) is 4.31 Å². The maximum absolute atomic E-state index is 6.36. The van der Waals surface area contributed by atoms with Crippen LogP contribution in [-0.2, 0) is 13.0 Å². The second kappa shape index (κ2) is 8.72. The van der Waals surface area contributed by atoms with Crippen LogP contribution in [0.1, 0.15) is 16.0 Å². The molecule has 3 aromatic rings. The van der Waals surface area contributed by atoms with Crippen molar-refractivity contribution in [3.05, 3.63) is 87.1 Å². The second-order valence-corrected chi connectivity index (χ2v) is 8.30. The number of nitrogens with zero attached hydrogens (tertiary/aromatic N) is 1. The van der Waals surface area contributed by atoms with E-state index in [9.17, 15) is 0 Å². The summed E-state index contributed by atoms with van der Waals surface area (Å²) in [6.45, 7) is 3.95. The van der Waals surface area contributed by atoms with E-state index in [1.54, 1.807) is 11.9 Å². The molecule has 0 saturated heterocycles. The van der Waals surface area contributed by atoms with Crippen molar-refractivity contribution < 1.29 is 0 Å². The molecule has 0 radical (unpaired) electrons. The Hall–Kier alpha value is -1.26. The zero-order chi connectivity index (χ0) is 16.8. The number of hydrogen-bond acceptors (Lipinski definition) is 3. The molecule has 0 N–H and O–H groups in total. The lowest BCUT2D eigenvalue weighted by Crippen LogP contribution is -2.18. The molecule has 2 aromatic carbocycles. The van der Waals surface area contributed by atoms with E-state index in [1.165, 1.54) is 20.9 Å². The third-order valence-electron chi connectivity index (χ3n) is 3.75. The number of benzene rings is 2. The van der Waals surface area contributed by atoms with Gasteiger partial charge in [0, 0.05) is 27.9 Å². The van der Waals surface area contributed by atoms with Crippen LogP contribution < -0.4 is 0 Å². The van der Waals surface area contributed by atoms with Gasteiger partial charge in [0.05, 0.1) is 0 Å². The molecule has 3 rings (SSSR count). The number of thiophene rings is 1. The molecule has 0 aliphatic rings. The fourth-order valence-electron chi connectivity index (χ4n) is 2.41. The van der Waals surface area contributed by atoms with Crippen LogP contribution in [0.15, 0.2) is 70.9 Å². The molecule has 0 atom stereocenters. The van der Waals surface area contributed by atoms with Gasteiger partial charge in [0.15, 0.2) is 0 Å². The molecule has 0 aliphatic heterocycles. The van der Waals surface area contributed by atoms with Gasteiger partial charge in [-0.1, -0.05) is 53.6 Å². The molecule has 124 valence electrons. The molecule has 0 bridgehead atoms. The van der Waals surface area contributed by atoms with Crippen LogP contribution in [0.4, 0.5) is 0 Å². The molecule has 24 heavy (non-hydrogen) atoms. The van der Waals surface area contributed by atoms with Gasteiger partial charge in [-0.3, -0.25) is 0 Å². The predicted octanol–water partition coefficient (Wildman–Crippen LogP) is 6.46. The van der Waals surface area contributed by atoms with E-state index < -0.39 is 0 Å². The van der Waals surface area contributed by atoms with E-state index in [1.807, 2.05) is 23.5 Å². The van der Waals surface area contributed by atoms with Crippen molar-refractivity contribution in [1.29, 1.82) is 0 Å². The van der Waals surface area contributed by atoms with Crippen molar-refractivity contribution in [2.45, 2.75) is 24.8 Å². The summed E-state index contributed by atoms with van der Waals surface area (Å²) >= 11 is 9.98. The van der Waals surface area contributed by atoms with Gasteiger partial charge in [0.2, 0.25) is 0 Å². The average molecular weight is 374 g/mol. The van der Waals surface area contributed by atoms with Gasteiger partial charge in [-0.2, -0.15) is 0 Å². The van der Waals surface area contributed by atoms with Gasteiger partial charge in [0.1, 0.15) is 0 Å². The van der Waals surface area contributed by atoms with Crippen molar-refractivity contribution in [3.63, 3.8) is 0 Å². The van der Waals surface area contributed by atoms with Gasteiger partial charge < -0.3 is 0 Å². The number of rotatable bonds is 7. The first-order valence-electron chi connectivity index (χ1n) is 7.96. The summed E-state index contributed by atoms with van der Waals surface area (Å²) in [5.41, 5.74) is 2.46. The minimum absolute atomic E-state index is 0.836. The predicted molar refractivity (Wildman–Crippen MR) is 107 cm³/mol. The molecule has 1 nitrogen and oxygen atoms in total. The molecule has 4 heteroatoms. The fourth-order valence-corrected chi connectivity index (χ4v) is 4.25. The Morgan fingerprint density at radius 1 is 1.00 bits per heavy atom. The first kappa shape index (κ1) is 17.6. The highest BCUT2D eigenvalue weighted by Gasteiger charge is 2.11. The number of aryl methyl sites for hydroxylation is 1. The Balaban J connectivity index is 1.72. The highest BCUT2D eigenvalue weighted by molar-refractivity contribution is 7.97. The standard InChI is InChI=1S/C20H20ClNS2/c1-16-8-10-19(11-9-16)24-22(13-12-18-6-4-14-23-18)15-17-5-2-3-7-20(17)21/h2-11,14H,12-13,15H2,1H3. The summed E-state index contributed by atoms with van der Waals surface area (Å²) in [5.74, 6) is 0. The molecule has 0 spiro atoms. The van der Waals surface area contributed by atoms with E-state index in [2.05, 4.69) is 65.1 Å². The molecule has 0 aliphatic carbocycles. The van der Waals surface area contributed by atoms with E-state index in [0.29, 0.717) is 0 Å². The molecular weight excluding hydrogens is 354 g/mol. The maximum atomic E-state index is 6.36. The summed E-state index contributed by atoms with van der Waals surface area (Å²) in [7, 11) is 0. The smallest absolute Gasteiger partial charge is 0.0451 e. The van der Waals surface area contributed by atoms with E-state index in [4.69, 9.17) is 11.6 Å². The fraction of sp³-hybridized carbons (Fsp3) is 0.200. The Kier molecular flexibility index (Phi) is 6.38. The highest BCUT2D eigenvalue weighted by atomic mass is 35.5. The minimum Gasteiger partial charge on any atom is -0.242 e. The largest absolute Gasteiger partial charge is 0.242 e. The Morgan fingerprint density at radius 3 is 2.50 bits per heavy atom. The van der Waals surface area contributed by atoms with Gasteiger partial charge in [-0.05, 0) is 60.5 Å². The van der Waals surface area contributed by atoms with Gasteiger partial charge in [-0.15, -0.1) is 11.3 Å². The molecule has 1 aromatic heterocycles. The van der Waals surface area contributed by atoms with Crippen LogP contribution >= 0.6 is 34.9 Å². The summed E-state index contributed by atoms with van der Waals surface area (Å²) in [6, 6.07) is 21.1. The van der Waals surface area contributed by atoms with Crippen LogP contribution in [-0.4, -0.2) is 10.8 Å². The van der Waals surface area contributed by atoms with Gasteiger partial charge >= 0.3 is 0 Å². The first-order valence-corrected chi connectivity index (χ1v) is 9.99. The summed E-state index contributed by atoms with van der Waals surface area (Å²) < 4.78 is 2.39. The zero-order valence-corrected chi connectivity index (χ0v) is 16.0. The monoisotopic (exact) mass is 373 g/mol. The molecule has 0 fully saturated rings. The summed E-state index contributed by atoms with van der Waals surface area (Å²) in [6.07, 6.45) is 1.06. The SMILES string of the molecule is Cc1ccc(SN(CCc2cccs2)Cc2ccccc2Cl)cc1. The van der Waals surface area contributed by atoms with E-state index >= 15 is 0 Å². The molecule has 0 unspecified atom stereocenters. The highest BCUT2D eigenvalue weighted by Crippen LogP contribution is 2.27. The van der Waals surface area contributed by atoms with Crippen molar-refractivity contribution in [3.8, 4) is 0 Å². The maximum Gasteiger partial charge on any atom is 0.0451 e. The topological polar surface area (TPSA) is 3.24 Å². The molecule has 0 amide bonds. The lowest BCUT2D eigenvalue weighted by Gasteiger charge is -2.21. The van der Waals surface area contributed by atoms with E-state index in [0.717, 1.165) is 24.5 Å². The second-order valence-electron chi connectivity index (χ2n) is 5.69. The lowest BCUT2D eigenvalue weighted by atomic mass is 10.2.